The Hall–Kier alpha value is -0.810. The van der Waals surface area contributed by atoms with Crippen LogP contribution in [0.4, 0.5) is 5.82 Å². The molecular weight excluding hydrogens is 246 g/mol. The highest BCUT2D eigenvalue weighted by Gasteiger charge is 2.05. The zero-order chi connectivity index (χ0) is 13.4. The molecule has 1 heterocycles. The van der Waals surface area contributed by atoms with Gasteiger partial charge in [-0.2, -0.15) is 11.8 Å². The van der Waals surface area contributed by atoms with Gasteiger partial charge in [0.15, 0.2) is 0 Å². The Bertz CT molecular complexity index is 334. The highest BCUT2D eigenvalue weighted by atomic mass is 32.2. The number of nitrogens with zero attached hydrogens (tertiary/aromatic N) is 2. The molecule has 0 aliphatic heterocycles. The Balaban J connectivity index is 2.69. The zero-order valence-corrected chi connectivity index (χ0v) is 12.5. The van der Waals surface area contributed by atoms with Gasteiger partial charge in [-0.3, -0.25) is 0 Å². The van der Waals surface area contributed by atoms with E-state index in [0.717, 1.165) is 35.4 Å². The van der Waals surface area contributed by atoms with Gasteiger partial charge in [0.1, 0.15) is 11.6 Å². The largest absolute Gasteiger partial charge is 0.378 e. The van der Waals surface area contributed by atoms with Gasteiger partial charge in [0, 0.05) is 19.7 Å². The number of thioether (sulfide) groups is 1. The van der Waals surface area contributed by atoms with E-state index in [1.807, 2.05) is 17.8 Å². The lowest BCUT2D eigenvalue weighted by molar-refractivity contribution is 0.181. The lowest BCUT2D eigenvalue weighted by Gasteiger charge is -2.09. The molecule has 0 aliphatic carbocycles. The molecule has 5 heteroatoms. The third-order valence-corrected chi connectivity index (χ3v) is 3.52. The summed E-state index contributed by atoms with van der Waals surface area (Å²) in [6, 6.07) is 1.95. The van der Waals surface area contributed by atoms with E-state index < -0.39 is 0 Å². The molecule has 0 aromatic carbocycles. The molecular formula is C13H23N3OS. The van der Waals surface area contributed by atoms with E-state index in [9.17, 15) is 0 Å². The second kappa shape index (κ2) is 8.32. The molecule has 1 aromatic rings. The first-order chi connectivity index (χ1) is 8.65. The standard InChI is InChI=1S/C13H23N3OS/c1-5-14-12-6-11(7-17-4)15-13(16-12)9-18-8-10(2)3/h6,10H,5,7-9H2,1-4H3,(H,14,15,16). The minimum atomic E-state index is 0.531. The fourth-order valence-electron chi connectivity index (χ4n) is 1.50. The van der Waals surface area contributed by atoms with Crippen molar-refractivity contribution >= 4 is 17.6 Å². The van der Waals surface area contributed by atoms with Gasteiger partial charge < -0.3 is 10.1 Å². The van der Waals surface area contributed by atoms with Crippen LogP contribution in [0.1, 0.15) is 32.3 Å². The van der Waals surface area contributed by atoms with Gasteiger partial charge in [0.25, 0.3) is 0 Å². The maximum absolute atomic E-state index is 5.13. The molecule has 0 spiro atoms. The second-order valence-corrected chi connectivity index (χ2v) is 5.56. The molecule has 0 atom stereocenters. The molecule has 0 fully saturated rings. The van der Waals surface area contributed by atoms with E-state index >= 15 is 0 Å². The molecule has 0 saturated carbocycles. The Kier molecular flexibility index (Phi) is 7.05. The minimum Gasteiger partial charge on any atom is -0.378 e. The van der Waals surface area contributed by atoms with Crippen molar-refractivity contribution in [2.45, 2.75) is 33.1 Å². The minimum absolute atomic E-state index is 0.531. The maximum atomic E-state index is 5.13. The van der Waals surface area contributed by atoms with Gasteiger partial charge in [-0.25, -0.2) is 9.97 Å². The number of hydrogen-bond acceptors (Lipinski definition) is 5. The number of methoxy groups -OCH3 is 1. The van der Waals surface area contributed by atoms with Gasteiger partial charge >= 0.3 is 0 Å². The summed E-state index contributed by atoms with van der Waals surface area (Å²) in [5, 5.41) is 3.23. The molecule has 1 N–H and O–H groups in total. The molecule has 0 unspecified atom stereocenters. The monoisotopic (exact) mass is 269 g/mol. The van der Waals surface area contributed by atoms with Crippen molar-refractivity contribution in [1.82, 2.24) is 9.97 Å². The molecule has 4 nitrogen and oxygen atoms in total. The number of aromatic nitrogens is 2. The van der Waals surface area contributed by atoms with Crippen molar-refractivity contribution in [1.29, 1.82) is 0 Å². The zero-order valence-electron chi connectivity index (χ0n) is 11.7. The average molecular weight is 269 g/mol. The number of nitrogens with one attached hydrogen (secondary N) is 1. The summed E-state index contributed by atoms with van der Waals surface area (Å²) in [5.74, 6) is 4.46. The topological polar surface area (TPSA) is 47.0 Å². The van der Waals surface area contributed by atoms with Crippen molar-refractivity contribution in [3.05, 3.63) is 17.6 Å². The summed E-state index contributed by atoms with van der Waals surface area (Å²) in [6.07, 6.45) is 0. The van der Waals surface area contributed by atoms with E-state index in [-0.39, 0.29) is 0 Å². The van der Waals surface area contributed by atoms with E-state index in [4.69, 9.17) is 4.74 Å². The quantitative estimate of drug-likeness (QED) is 0.786. The molecule has 18 heavy (non-hydrogen) atoms. The van der Waals surface area contributed by atoms with Gasteiger partial charge in [-0.1, -0.05) is 13.8 Å². The first kappa shape index (κ1) is 15.2. The van der Waals surface area contributed by atoms with E-state index in [1.165, 1.54) is 0 Å². The van der Waals surface area contributed by atoms with Crippen molar-refractivity contribution in [3.63, 3.8) is 0 Å². The van der Waals surface area contributed by atoms with E-state index in [0.29, 0.717) is 12.5 Å². The molecule has 0 bridgehead atoms. The van der Waals surface area contributed by atoms with Crippen LogP contribution in [0, 0.1) is 5.92 Å². The van der Waals surface area contributed by atoms with E-state index in [2.05, 4.69) is 36.1 Å². The Labute approximate surface area is 114 Å². The summed E-state index contributed by atoms with van der Waals surface area (Å²) in [4.78, 5) is 9.01. The third kappa shape index (κ3) is 5.69. The van der Waals surface area contributed by atoms with Crippen LogP contribution in [0.3, 0.4) is 0 Å². The van der Waals surface area contributed by atoms with Crippen molar-refractivity contribution < 1.29 is 4.74 Å². The Morgan fingerprint density at radius 2 is 2.17 bits per heavy atom. The Morgan fingerprint density at radius 1 is 1.39 bits per heavy atom. The SMILES string of the molecule is CCNc1cc(COC)nc(CSCC(C)C)n1. The fraction of sp³-hybridized carbons (Fsp3) is 0.692. The molecule has 0 saturated heterocycles. The number of ether oxygens (including phenoxy) is 1. The smallest absolute Gasteiger partial charge is 0.140 e. The molecule has 1 aromatic heterocycles. The lowest BCUT2D eigenvalue weighted by Crippen LogP contribution is -2.06. The summed E-state index contributed by atoms with van der Waals surface area (Å²) in [7, 11) is 1.68. The van der Waals surface area contributed by atoms with Gasteiger partial charge in [-0.15, -0.1) is 0 Å². The molecule has 0 amide bonds. The number of anilines is 1. The van der Waals surface area contributed by atoms with Crippen LogP contribution in [0.2, 0.25) is 0 Å². The molecule has 102 valence electrons. The van der Waals surface area contributed by atoms with Crippen LogP contribution in [-0.4, -0.2) is 29.4 Å². The van der Waals surface area contributed by atoms with Crippen molar-refractivity contribution in [2.24, 2.45) is 5.92 Å². The summed E-state index contributed by atoms with van der Waals surface area (Å²) in [6.45, 7) is 7.90. The van der Waals surface area contributed by atoms with Crippen molar-refractivity contribution in [2.75, 3.05) is 24.7 Å². The first-order valence-electron chi connectivity index (χ1n) is 6.33. The molecule has 1 rings (SSSR count). The molecule has 0 radical (unpaired) electrons. The summed E-state index contributed by atoms with van der Waals surface area (Å²) >= 11 is 1.87. The summed E-state index contributed by atoms with van der Waals surface area (Å²) in [5.41, 5.74) is 0.934. The van der Waals surface area contributed by atoms with Crippen LogP contribution >= 0.6 is 11.8 Å². The molecule has 0 aliphatic rings. The second-order valence-electron chi connectivity index (χ2n) is 4.53. The van der Waals surface area contributed by atoms with Crippen LogP contribution in [0.25, 0.3) is 0 Å². The third-order valence-electron chi connectivity index (χ3n) is 2.16. The van der Waals surface area contributed by atoms with Crippen LogP contribution in [0.15, 0.2) is 6.07 Å². The number of rotatable bonds is 8. The predicted octanol–water partition coefficient (Wildman–Crippen LogP) is 2.94. The van der Waals surface area contributed by atoms with Gasteiger partial charge in [0.2, 0.25) is 0 Å². The fourth-order valence-corrected chi connectivity index (χ4v) is 2.40. The van der Waals surface area contributed by atoms with Gasteiger partial charge in [0.05, 0.1) is 18.1 Å². The van der Waals surface area contributed by atoms with Gasteiger partial charge in [-0.05, 0) is 18.6 Å². The predicted molar refractivity (Wildman–Crippen MR) is 77.9 cm³/mol. The van der Waals surface area contributed by atoms with Crippen LogP contribution in [0.5, 0.6) is 0 Å². The first-order valence-corrected chi connectivity index (χ1v) is 7.48. The highest BCUT2D eigenvalue weighted by Crippen LogP contribution is 2.15. The lowest BCUT2D eigenvalue weighted by atomic mass is 10.3. The highest BCUT2D eigenvalue weighted by molar-refractivity contribution is 7.98. The van der Waals surface area contributed by atoms with Crippen LogP contribution in [-0.2, 0) is 17.1 Å². The van der Waals surface area contributed by atoms with Crippen molar-refractivity contribution in [3.8, 4) is 0 Å². The Morgan fingerprint density at radius 3 is 2.78 bits per heavy atom. The normalized spacial score (nSPS) is 10.9. The maximum Gasteiger partial charge on any atom is 0.140 e. The van der Waals surface area contributed by atoms with E-state index in [1.54, 1.807) is 7.11 Å². The van der Waals surface area contributed by atoms with Crippen LogP contribution < -0.4 is 5.32 Å². The average Bonchev–Trinajstić information content (AvgIpc) is 2.29. The number of hydrogen-bond donors (Lipinski definition) is 1. The summed E-state index contributed by atoms with van der Waals surface area (Å²) < 4.78 is 5.13.